The molecule has 0 bridgehead atoms. The normalized spacial score (nSPS) is 11.0. The maximum absolute atomic E-state index is 5.73. The summed E-state index contributed by atoms with van der Waals surface area (Å²) in [5.74, 6) is 3.29. The van der Waals surface area contributed by atoms with E-state index in [1.54, 1.807) is 21.3 Å². The van der Waals surface area contributed by atoms with Crippen LogP contribution in [0.5, 0.6) is 17.2 Å². The van der Waals surface area contributed by atoms with Crippen molar-refractivity contribution in [3.05, 3.63) is 54.1 Å². The Morgan fingerprint density at radius 1 is 0.889 bits per heavy atom. The number of aliphatic imine (C=N–C) groups is 1. The molecule has 146 valence electrons. The lowest BCUT2D eigenvalue weighted by molar-refractivity contribution is 0.308. The third-order valence-corrected chi connectivity index (χ3v) is 4.01. The Labute approximate surface area is 161 Å². The zero-order valence-electron chi connectivity index (χ0n) is 16.3. The van der Waals surface area contributed by atoms with Crippen LogP contribution in [0.25, 0.3) is 0 Å². The lowest BCUT2D eigenvalue weighted by Gasteiger charge is -2.12. The van der Waals surface area contributed by atoms with E-state index in [4.69, 9.17) is 14.2 Å². The van der Waals surface area contributed by atoms with Gasteiger partial charge in [-0.3, -0.25) is 4.99 Å². The van der Waals surface area contributed by atoms with Gasteiger partial charge in [0.25, 0.3) is 0 Å². The molecule has 2 rings (SSSR count). The molecule has 0 atom stereocenters. The number of guanidine groups is 1. The van der Waals surface area contributed by atoms with Crippen molar-refractivity contribution < 1.29 is 14.2 Å². The van der Waals surface area contributed by atoms with Crippen LogP contribution in [0, 0.1) is 0 Å². The van der Waals surface area contributed by atoms with Crippen molar-refractivity contribution in [2.75, 3.05) is 41.0 Å². The summed E-state index contributed by atoms with van der Waals surface area (Å²) < 4.78 is 16.1. The van der Waals surface area contributed by atoms with E-state index in [1.807, 2.05) is 36.4 Å². The minimum absolute atomic E-state index is 0.628. The van der Waals surface area contributed by atoms with Gasteiger partial charge >= 0.3 is 0 Å². The van der Waals surface area contributed by atoms with E-state index in [0.717, 1.165) is 49.1 Å². The molecule has 6 heteroatoms. The minimum Gasteiger partial charge on any atom is -0.497 e. The van der Waals surface area contributed by atoms with Crippen LogP contribution in [0.15, 0.2) is 53.5 Å². The van der Waals surface area contributed by atoms with Gasteiger partial charge in [0.15, 0.2) is 5.96 Å². The van der Waals surface area contributed by atoms with Crippen molar-refractivity contribution in [1.29, 1.82) is 0 Å². The van der Waals surface area contributed by atoms with Gasteiger partial charge in [-0.05, 0) is 42.7 Å². The molecule has 0 amide bonds. The standard InChI is InChI=1S/C21H29N3O3/c1-22-21(24-14-12-17-8-10-18(25-2)11-9-17)23-13-5-15-27-20-7-4-6-19(16-20)26-3/h4,6-11,16H,5,12-15H2,1-3H3,(H2,22,23,24). The van der Waals surface area contributed by atoms with Crippen molar-refractivity contribution in [2.24, 2.45) is 4.99 Å². The monoisotopic (exact) mass is 371 g/mol. The first-order valence-electron chi connectivity index (χ1n) is 9.09. The fraction of sp³-hybridized carbons (Fsp3) is 0.381. The van der Waals surface area contributed by atoms with Crippen LogP contribution in [0.1, 0.15) is 12.0 Å². The van der Waals surface area contributed by atoms with Gasteiger partial charge in [0.2, 0.25) is 0 Å². The summed E-state index contributed by atoms with van der Waals surface area (Å²) in [6, 6.07) is 15.7. The predicted octanol–water partition coefficient (Wildman–Crippen LogP) is 2.88. The number of hydrogen-bond donors (Lipinski definition) is 2. The molecule has 0 aliphatic rings. The lowest BCUT2D eigenvalue weighted by Crippen LogP contribution is -2.39. The van der Waals surface area contributed by atoms with E-state index in [2.05, 4.69) is 27.8 Å². The highest BCUT2D eigenvalue weighted by Crippen LogP contribution is 2.18. The Kier molecular flexibility index (Phi) is 8.83. The van der Waals surface area contributed by atoms with Gasteiger partial charge in [-0.1, -0.05) is 18.2 Å². The Balaban J connectivity index is 1.60. The molecule has 2 N–H and O–H groups in total. The highest BCUT2D eigenvalue weighted by molar-refractivity contribution is 5.79. The molecule has 2 aromatic rings. The predicted molar refractivity (Wildman–Crippen MR) is 109 cm³/mol. The summed E-state index contributed by atoms with van der Waals surface area (Å²) in [7, 11) is 5.10. The second kappa shape index (κ2) is 11.7. The summed E-state index contributed by atoms with van der Waals surface area (Å²) in [5.41, 5.74) is 1.26. The second-order valence-electron chi connectivity index (χ2n) is 5.90. The average molecular weight is 371 g/mol. The second-order valence-corrected chi connectivity index (χ2v) is 5.90. The first kappa shape index (κ1) is 20.4. The largest absolute Gasteiger partial charge is 0.497 e. The van der Waals surface area contributed by atoms with Crippen LogP contribution in [-0.2, 0) is 6.42 Å². The molecule has 2 aromatic carbocycles. The highest BCUT2D eigenvalue weighted by Gasteiger charge is 2.00. The van der Waals surface area contributed by atoms with Gasteiger partial charge in [0.05, 0.1) is 20.8 Å². The van der Waals surface area contributed by atoms with Gasteiger partial charge in [-0.2, -0.15) is 0 Å². The van der Waals surface area contributed by atoms with Gasteiger partial charge in [0, 0.05) is 26.2 Å². The lowest BCUT2D eigenvalue weighted by atomic mass is 10.1. The summed E-state index contributed by atoms with van der Waals surface area (Å²) in [5, 5.41) is 6.62. The molecular weight excluding hydrogens is 342 g/mol. The summed E-state index contributed by atoms with van der Waals surface area (Å²) in [6.45, 7) is 2.22. The number of benzene rings is 2. The van der Waals surface area contributed by atoms with Crippen LogP contribution in [0.3, 0.4) is 0 Å². The van der Waals surface area contributed by atoms with Crippen LogP contribution < -0.4 is 24.8 Å². The SMILES string of the molecule is CN=C(NCCCOc1cccc(OC)c1)NCCc1ccc(OC)cc1. The van der Waals surface area contributed by atoms with Crippen LogP contribution >= 0.6 is 0 Å². The summed E-state index contributed by atoms with van der Waals surface area (Å²) in [6.07, 6.45) is 1.79. The topological polar surface area (TPSA) is 64.1 Å². The zero-order valence-corrected chi connectivity index (χ0v) is 16.3. The third kappa shape index (κ3) is 7.48. The molecule has 6 nitrogen and oxygen atoms in total. The van der Waals surface area contributed by atoms with Crippen LogP contribution in [0.4, 0.5) is 0 Å². The molecule has 0 fully saturated rings. The highest BCUT2D eigenvalue weighted by atomic mass is 16.5. The van der Waals surface area contributed by atoms with E-state index >= 15 is 0 Å². The number of nitrogens with one attached hydrogen (secondary N) is 2. The zero-order chi connectivity index (χ0) is 19.3. The Morgan fingerprint density at radius 2 is 1.59 bits per heavy atom. The molecule has 0 unspecified atom stereocenters. The van der Waals surface area contributed by atoms with E-state index in [0.29, 0.717) is 6.61 Å². The van der Waals surface area contributed by atoms with Gasteiger partial charge < -0.3 is 24.8 Å². The molecule has 27 heavy (non-hydrogen) atoms. The van der Waals surface area contributed by atoms with Crippen LogP contribution in [-0.4, -0.2) is 46.9 Å². The molecule has 0 heterocycles. The van der Waals surface area contributed by atoms with Gasteiger partial charge in [-0.15, -0.1) is 0 Å². The molecule has 0 aliphatic carbocycles. The quantitative estimate of drug-likeness (QED) is 0.382. The molecule has 0 spiro atoms. The minimum atomic E-state index is 0.628. The van der Waals surface area contributed by atoms with E-state index in [9.17, 15) is 0 Å². The Hall–Kier alpha value is -2.89. The van der Waals surface area contributed by atoms with Crippen molar-refractivity contribution in [1.82, 2.24) is 10.6 Å². The van der Waals surface area contributed by atoms with Crippen LogP contribution in [0.2, 0.25) is 0 Å². The number of hydrogen-bond acceptors (Lipinski definition) is 4. The maximum Gasteiger partial charge on any atom is 0.190 e. The fourth-order valence-electron chi connectivity index (χ4n) is 2.50. The van der Waals surface area contributed by atoms with E-state index < -0.39 is 0 Å². The van der Waals surface area contributed by atoms with Crippen molar-refractivity contribution >= 4 is 5.96 Å². The van der Waals surface area contributed by atoms with Crippen molar-refractivity contribution in [3.63, 3.8) is 0 Å². The summed E-state index contributed by atoms with van der Waals surface area (Å²) in [4.78, 5) is 4.24. The molecule has 0 radical (unpaired) electrons. The third-order valence-electron chi connectivity index (χ3n) is 4.01. The van der Waals surface area contributed by atoms with Crippen molar-refractivity contribution in [3.8, 4) is 17.2 Å². The maximum atomic E-state index is 5.73. The number of methoxy groups -OCH3 is 2. The first-order chi connectivity index (χ1) is 13.2. The van der Waals surface area contributed by atoms with E-state index in [1.165, 1.54) is 5.56 Å². The molecule has 0 aromatic heterocycles. The molecule has 0 saturated carbocycles. The van der Waals surface area contributed by atoms with Gasteiger partial charge in [0.1, 0.15) is 17.2 Å². The van der Waals surface area contributed by atoms with Gasteiger partial charge in [-0.25, -0.2) is 0 Å². The summed E-state index contributed by atoms with van der Waals surface area (Å²) >= 11 is 0. The van der Waals surface area contributed by atoms with E-state index in [-0.39, 0.29) is 0 Å². The number of ether oxygens (including phenoxy) is 3. The fourth-order valence-corrected chi connectivity index (χ4v) is 2.50. The molecule has 0 saturated heterocycles. The van der Waals surface area contributed by atoms with Crippen molar-refractivity contribution in [2.45, 2.75) is 12.8 Å². The number of rotatable bonds is 10. The average Bonchev–Trinajstić information content (AvgIpc) is 2.72. The number of nitrogens with zero attached hydrogens (tertiary/aromatic N) is 1. The molecular formula is C21H29N3O3. The smallest absolute Gasteiger partial charge is 0.190 e. The Morgan fingerprint density at radius 3 is 2.30 bits per heavy atom. The first-order valence-corrected chi connectivity index (χ1v) is 9.09. The molecule has 0 aliphatic heterocycles. The Bertz CT molecular complexity index is 702.